The van der Waals surface area contributed by atoms with E-state index in [1.807, 2.05) is 36.4 Å². The van der Waals surface area contributed by atoms with Crippen molar-refractivity contribution in [3.8, 4) is 5.75 Å². The number of methoxy groups -OCH3 is 1. The maximum absolute atomic E-state index is 11.6. The average molecular weight is 314 g/mol. The zero-order chi connectivity index (χ0) is 15.5. The van der Waals surface area contributed by atoms with Crippen molar-refractivity contribution < 1.29 is 14.3 Å². The van der Waals surface area contributed by atoms with Crippen molar-refractivity contribution in [2.24, 2.45) is 0 Å². The summed E-state index contributed by atoms with van der Waals surface area (Å²) < 4.78 is 10.1. The molecular weight excluding hydrogens is 300 g/mol. The molecule has 0 radical (unpaired) electrons. The Kier molecular flexibility index (Phi) is 3.93. The molecule has 0 saturated carbocycles. The number of hydrogen-bond donors (Lipinski definition) is 2. The molecule has 0 aromatic heterocycles. The van der Waals surface area contributed by atoms with Gasteiger partial charge in [0, 0.05) is 23.0 Å². The number of nitrogens with one attached hydrogen (secondary N) is 2. The van der Waals surface area contributed by atoms with Crippen LogP contribution in [0.25, 0.3) is 0 Å². The number of benzene rings is 2. The zero-order valence-corrected chi connectivity index (χ0v) is 12.7. The summed E-state index contributed by atoms with van der Waals surface area (Å²) in [6, 6.07) is 12.9. The Morgan fingerprint density at radius 2 is 1.95 bits per heavy atom. The number of ether oxygens (including phenoxy) is 2. The summed E-state index contributed by atoms with van der Waals surface area (Å²) in [6.45, 7) is 0.334. The van der Waals surface area contributed by atoms with Crippen molar-refractivity contribution >= 4 is 34.7 Å². The number of carbonyl (C=O) groups excluding carboxylic acids is 1. The Morgan fingerprint density at radius 1 is 1.18 bits per heavy atom. The molecule has 0 atom stereocenters. The number of fused-ring (bicyclic) bond motifs is 1. The molecule has 0 spiro atoms. The molecule has 1 aliphatic rings. The van der Waals surface area contributed by atoms with Crippen LogP contribution in [0, 0.1) is 0 Å². The van der Waals surface area contributed by atoms with E-state index in [4.69, 9.17) is 21.7 Å². The van der Waals surface area contributed by atoms with Gasteiger partial charge in [-0.2, -0.15) is 0 Å². The van der Waals surface area contributed by atoms with Crippen LogP contribution in [0.5, 0.6) is 5.75 Å². The summed E-state index contributed by atoms with van der Waals surface area (Å²) in [4.78, 5) is 11.6. The van der Waals surface area contributed by atoms with E-state index in [2.05, 4.69) is 10.6 Å². The van der Waals surface area contributed by atoms with Gasteiger partial charge in [-0.15, -0.1) is 0 Å². The van der Waals surface area contributed by atoms with Gasteiger partial charge in [0.15, 0.2) is 5.11 Å². The van der Waals surface area contributed by atoms with Gasteiger partial charge >= 0.3 is 5.97 Å². The zero-order valence-electron chi connectivity index (χ0n) is 11.9. The third kappa shape index (κ3) is 3.01. The molecule has 22 heavy (non-hydrogen) atoms. The van der Waals surface area contributed by atoms with E-state index in [0.29, 0.717) is 17.3 Å². The second-order valence-corrected chi connectivity index (χ2v) is 5.17. The van der Waals surface area contributed by atoms with E-state index < -0.39 is 0 Å². The fourth-order valence-corrected chi connectivity index (χ4v) is 2.42. The van der Waals surface area contributed by atoms with E-state index in [0.717, 1.165) is 22.7 Å². The highest BCUT2D eigenvalue weighted by molar-refractivity contribution is 7.80. The summed E-state index contributed by atoms with van der Waals surface area (Å²) in [5.41, 5.74) is 3.02. The Bertz CT molecular complexity index is 746. The van der Waals surface area contributed by atoms with E-state index in [1.165, 1.54) is 0 Å². The minimum Gasteiger partial charge on any atom is -0.497 e. The first-order valence-electron chi connectivity index (χ1n) is 6.68. The van der Waals surface area contributed by atoms with Gasteiger partial charge in [0.05, 0.1) is 12.7 Å². The summed E-state index contributed by atoms with van der Waals surface area (Å²) in [7, 11) is 1.61. The van der Waals surface area contributed by atoms with Gasteiger partial charge in [0.25, 0.3) is 0 Å². The molecule has 2 N–H and O–H groups in total. The van der Waals surface area contributed by atoms with Crippen LogP contribution in [0.4, 0.5) is 11.4 Å². The molecule has 112 valence electrons. The number of anilines is 2. The number of carbonyl (C=O) groups is 1. The van der Waals surface area contributed by atoms with Crippen LogP contribution in [0.2, 0.25) is 0 Å². The first kappa shape index (κ1) is 14.3. The Hall–Kier alpha value is -2.60. The van der Waals surface area contributed by atoms with E-state index in [-0.39, 0.29) is 5.97 Å². The SMILES string of the molecule is COc1cccc(NC(=S)Nc2ccc3c(c2)C(=O)OC3)c1. The number of cyclic esters (lactones) is 1. The molecule has 2 aromatic rings. The van der Waals surface area contributed by atoms with Crippen LogP contribution in [0.15, 0.2) is 42.5 Å². The van der Waals surface area contributed by atoms with Crippen LogP contribution < -0.4 is 15.4 Å². The third-order valence-corrected chi connectivity index (χ3v) is 3.48. The van der Waals surface area contributed by atoms with Crippen molar-refractivity contribution in [3.05, 3.63) is 53.6 Å². The van der Waals surface area contributed by atoms with Gasteiger partial charge in [-0.25, -0.2) is 4.79 Å². The Balaban J connectivity index is 1.69. The standard InChI is InChI=1S/C16H14N2O3S/c1-20-13-4-2-3-11(7-13)17-16(22)18-12-6-5-10-9-21-15(19)14(10)8-12/h2-8H,9H2,1H3,(H2,17,18,22). The average Bonchev–Trinajstić information content (AvgIpc) is 2.88. The highest BCUT2D eigenvalue weighted by Crippen LogP contribution is 2.23. The molecule has 0 saturated heterocycles. The first-order valence-corrected chi connectivity index (χ1v) is 7.08. The molecule has 5 nitrogen and oxygen atoms in total. The molecule has 0 amide bonds. The lowest BCUT2D eigenvalue weighted by atomic mass is 10.1. The second-order valence-electron chi connectivity index (χ2n) is 4.76. The summed E-state index contributed by atoms with van der Waals surface area (Å²) in [5, 5.41) is 6.55. The number of esters is 1. The molecule has 6 heteroatoms. The normalized spacial score (nSPS) is 12.3. The fourth-order valence-electron chi connectivity index (χ4n) is 2.19. The molecule has 0 fully saturated rings. The highest BCUT2D eigenvalue weighted by atomic mass is 32.1. The molecule has 1 aliphatic heterocycles. The van der Waals surface area contributed by atoms with E-state index in [1.54, 1.807) is 13.2 Å². The summed E-state index contributed by atoms with van der Waals surface area (Å²) in [5.74, 6) is 0.443. The minimum atomic E-state index is -0.301. The Morgan fingerprint density at radius 3 is 2.73 bits per heavy atom. The van der Waals surface area contributed by atoms with Crippen molar-refractivity contribution in [1.82, 2.24) is 0 Å². The number of hydrogen-bond acceptors (Lipinski definition) is 4. The van der Waals surface area contributed by atoms with Gasteiger partial charge in [0.1, 0.15) is 12.4 Å². The molecule has 0 aliphatic carbocycles. The monoisotopic (exact) mass is 314 g/mol. The maximum atomic E-state index is 11.6. The third-order valence-electron chi connectivity index (χ3n) is 3.27. The lowest BCUT2D eigenvalue weighted by molar-refractivity contribution is 0.0535. The van der Waals surface area contributed by atoms with Crippen LogP contribution in [0.1, 0.15) is 15.9 Å². The predicted octanol–water partition coefficient (Wildman–Crippen LogP) is 3.17. The number of rotatable bonds is 3. The minimum absolute atomic E-state index is 0.301. The van der Waals surface area contributed by atoms with Gasteiger partial charge < -0.3 is 20.1 Å². The smallest absolute Gasteiger partial charge is 0.338 e. The summed E-state index contributed by atoms with van der Waals surface area (Å²) in [6.07, 6.45) is 0. The predicted molar refractivity (Wildman–Crippen MR) is 88.4 cm³/mol. The first-order chi connectivity index (χ1) is 10.7. The van der Waals surface area contributed by atoms with E-state index in [9.17, 15) is 4.79 Å². The van der Waals surface area contributed by atoms with Crippen molar-refractivity contribution in [1.29, 1.82) is 0 Å². The van der Waals surface area contributed by atoms with Crippen LogP contribution in [-0.2, 0) is 11.3 Å². The van der Waals surface area contributed by atoms with Gasteiger partial charge in [-0.3, -0.25) is 0 Å². The topological polar surface area (TPSA) is 59.6 Å². The van der Waals surface area contributed by atoms with Crippen molar-refractivity contribution in [2.75, 3.05) is 17.7 Å². The van der Waals surface area contributed by atoms with Crippen LogP contribution in [-0.4, -0.2) is 18.2 Å². The highest BCUT2D eigenvalue weighted by Gasteiger charge is 2.21. The molecule has 2 aromatic carbocycles. The molecule has 1 heterocycles. The molecule has 3 rings (SSSR count). The lowest BCUT2D eigenvalue weighted by Gasteiger charge is -2.11. The van der Waals surface area contributed by atoms with Gasteiger partial charge in [0.2, 0.25) is 0 Å². The second kappa shape index (κ2) is 6.03. The van der Waals surface area contributed by atoms with Crippen molar-refractivity contribution in [2.45, 2.75) is 6.61 Å². The molecule has 0 unspecified atom stereocenters. The largest absolute Gasteiger partial charge is 0.497 e. The molecular formula is C16H14N2O3S. The van der Waals surface area contributed by atoms with Crippen molar-refractivity contribution in [3.63, 3.8) is 0 Å². The van der Waals surface area contributed by atoms with Gasteiger partial charge in [-0.05, 0) is 36.5 Å². The maximum Gasteiger partial charge on any atom is 0.338 e. The molecule has 0 bridgehead atoms. The quantitative estimate of drug-likeness (QED) is 0.670. The van der Waals surface area contributed by atoms with E-state index >= 15 is 0 Å². The van der Waals surface area contributed by atoms with Crippen LogP contribution >= 0.6 is 12.2 Å². The Labute approximate surface area is 133 Å². The lowest BCUT2D eigenvalue weighted by Crippen LogP contribution is -2.19. The fraction of sp³-hybridized carbons (Fsp3) is 0.125. The summed E-state index contributed by atoms with van der Waals surface area (Å²) >= 11 is 5.28. The van der Waals surface area contributed by atoms with Gasteiger partial charge in [-0.1, -0.05) is 12.1 Å². The van der Waals surface area contributed by atoms with Crippen LogP contribution in [0.3, 0.4) is 0 Å². The number of thiocarbonyl (C=S) groups is 1.